The molecule has 184 valence electrons. The van der Waals surface area contributed by atoms with E-state index >= 15 is 0 Å². The number of hydrogen-bond donors (Lipinski definition) is 3. The van der Waals surface area contributed by atoms with Crippen LogP contribution in [-0.4, -0.2) is 32.6 Å². The molecule has 0 fully saturated rings. The Morgan fingerprint density at radius 1 is 1.11 bits per heavy atom. The topological polar surface area (TPSA) is 121 Å². The molecule has 0 bridgehead atoms. The van der Waals surface area contributed by atoms with Crippen molar-refractivity contribution in [2.24, 2.45) is 10.9 Å². The molecule has 3 heterocycles. The summed E-state index contributed by atoms with van der Waals surface area (Å²) in [6, 6.07) is 11.7. The van der Waals surface area contributed by atoms with Crippen LogP contribution in [0.3, 0.4) is 0 Å². The summed E-state index contributed by atoms with van der Waals surface area (Å²) in [4.78, 5) is 30.4. The minimum absolute atomic E-state index is 0.0233. The average molecular weight is 560 g/mol. The second kappa shape index (κ2) is 11.2. The molecule has 2 amide bonds. The summed E-state index contributed by atoms with van der Waals surface area (Å²) in [6.45, 7) is 1.87. The van der Waals surface area contributed by atoms with Gasteiger partial charge in [0.05, 0.1) is 42.5 Å². The van der Waals surface area contributed by atoms with Gasteiger partial charge in [0.2, 0.25) is 0 Å². The zero-order valence-electron chi connectivity index (χ0n) is 18.7. The molecule has 4 N–H and O–H groups in total. The van der Waals surface area contributed by atoms with E-state index in [9.17, 15) is 14.7 Å². The van der Waals surface area contributed by atoms with E-state index in [1.165, 1.54) is 17.4 Å². The number of amides is 2. The van der Waals surface area contributed by atoms with E-state index < -0.39 is 11.8 Å². The van der Waals surface area contributed by atoms with Gasteiger partial charge in [-0.15, -0.1) is 22.7 Å². The van der Waals surface area contributed by atoms with Crippen molar-refractivity contribution in [1.82, 2.24) is 15.4 Å². The van der Waals surface area contributed by atoms with Gasteiger partial charge in [0.15, 0.2) is 0 Å². The van der Waals surface area contributed by atoms with Gasteiger partial charge in [0, 0.05) is 17.8 Å². The van der Waals surface area contributed by atoms with Gasteiger partial charge in [-0.3, -0.25) is 19.6 Å². The van der Waals surface area contributed by atoms with Crippen molar-refractivity contribution in [3.05, 3.63) is 91.2 Å². The third kappa shape index (κ3) is 5.75. The molecular weight excluding hydrogens is 541 g/mol. The van der Waals surface area contributed by atoms with Crippen LogP contribution in [0.5, 0.6) is 5.75 Å². The Labute approximate surface area is 224 Å². The molecule has 0 spiro atoms. The number of nitrogens with one attached hydrogen (secondary N) is 1. The largest absolute Gasteiger partial charge is 0.506 e. The molecule has 0 saturated heterocycles. The third-order valence-corrected chi connectivity index (χ3v) is 7.89. The number of hydrogen-bond acceptors (Lipinski definition) is 8. The molecule has 1 aromatic carbocycles. The summed E-state index contributed by atoms with van der Waals surface area (Å²) >= 11 is 14.4. The molecule has 0 unspecified atom stereocenters. The van der Waals surface area contributed by atoms with Crippen molar-refractivity contribution in [2.75, 3.05) is 0 Å². The normalized spacial score (nSPS) is 11.4. The maximum absolute atomic E-state index is 12.6. The number of rotatable bonds is 7. The maximum atomic E-state index is 12.6. The fraction of sp³-hybridized carbons (Fsp3) is 0.0833. The van der Waals surface area contributed by atoms with Gasteiger partial charge in [-0.1, -0.05) is 29.3 Å². The highest BCUT2D eigenvalue weighted by Crippen LogP contribution is 2.40. The minimum atomic E-state index is -0.490. The number of halogens is 2. The molecule has 0 saturated carbocycles. The summed E-state index contributed by atoms with van der Waals surface area (Å²) in [6.07, 6.45) is 3.24. The molecule has 0 aliphatic carbocycles. The average Bonchev–Trinajstić information content (AvgIpc) is 3.51. The van der Waals surface area contributed by atoms with Crippen molar-refractivity contribution in [2.45, 2.75) is 13.5 Å². The minimum Gasteiger partial charge on any atom is -0.506 e. The van der Waals surface area contributed by atoms with Crippen molar-refractivity contribution >= 4 is 63.4 Å². The number of carbonyl (C=O) groups excluding carboxylic acids is 2. The fourth-order valence-corrected chi connectivity index (χ4v) is 5.33. The summed E-state index contributed by atoms with van der Waals surface area (Å²) < 4.78 is 0. The van der Waals surface area contributed by atoms with Crippen LogP contribution in [0.4, 0.5) is 0 Å². The molecule has 0 aliphatic heterocycles. The number of pyridine rings is 1. The van der Waals surface area contributed by atoms with Crippen LogP contribution in [0, 0.1) is 0 Å². The summed E-state index contributed by atoms with van der Waals surface area (Å²) in [7, 11) is 0. The Hall–Kier alpha value is -3.28. The van der Waals surface area contributed by atoms with Crippen molar-refractivity contribution in [1.29, 1.82) is 0 Å². The third-order valence-electron chi connectivity index (χ3n) is 5.07. The number of benzene rings is 1. The van der Waals surface area contributed by atoms with E-state index in [1.807, 2.05) is 0 Å². The first-order valence-electron chi connectivity index (χ1n) is 10.4. The second-order valence-corrected chi connectivity index (χ2v) is 10.3. The van der Waals surface area contributed by atoms with Crippen LogP contribution in [0.1, 0.15) is 37.4 Å². The predicted molar refractivity (Wildman–Crippen MR) is 144 cm³/mol. The molecule has 0 atom stereocenters. The zero-order chi connectivity index (χ0) is 25.8. The highest BCUT2D eigenvalue weighted by molar-refractivity contribution is 7.16. The Morgan fingerprint density at radius 2 is 1.83 bits per heavy atom. The van der Waals surface area contributed by atoms with Crippen LogP contribution in [0.15, 0.2) is 65.3 Å². The second-order valence-electron chi connectivity index (χ2n) is 7.55. The maximum Gasteiger partial charge on any atom is 0.281 e. The summed E-state index contributed by atoms with van der Waals surface area (Å²) in [5.41, 5.74) is 4.88. The van der Waals surface area contributed by atoms with Crippen molar-refractivity contribution in [3.63, 3.8) is 0 Å². The number of nitrogens with two attached hydrogens (primary N) is 1. The van der Waals surface area contributed by atoms with Crippen LogP contribution >= 0.6 is 45.9 Å². The molecule has 4 rings (SSSR count). The molecule has 8 nitrogen and oxygen atoms in total. The lowest BCUT2D eigenvalue weighted by molar-refractivity contribution is 0.0748. The number of carbonyl (C=O) groups is 2. The first-order valence-corrected chi connectivity index (χ1v) is 12.9. The van der Waals surface area contributed by atoms with E-state index in [0.717, 1.165) is 21.9 Å². The molecule has 3 aromatic heterocycles. The number of hydrazine groups is 1. The van der Waals surface area contributed by atoms with Crippen LogP contribution in [-0.2, 0) is 6.54 Å². The Kier molecular flexibility index (Phi) is 8.02. The van der Waals surface area contributed by atoms with Gasteiger partial charge >= 0.3 is 0 Å². The van der Waals surface area contributed by atoms with E-state index in [1.54, 1.807) is 61.1 Å². The first kappa shape index (κ1) is 25.8. The fourth-order valence-electron chi connectivity index (χ4n) is 3.17. The number of aromatic hydroxyl groups is 1. The Morgan fingerprint density at radius 3 is 2.56 bits per heavy atom. The van der Waals surface area contributed by atoms with Crippen LogP contribution in [0.25, 0.3) is 10.4 Å². The van der Waals surface area contributed by atoms with E-state index in [2.05, 4.69) is 15.5 Å². The monoisotopic (exact) mass is 559 g/mol. The van der Waals surface area contributed by atoms with Gasteiger partial charge in [0.25, 0.3) is 11.8 Å². The molecule has 36 heavy (non-hydrogen) atoms. The SMILES string of the molecule is CC(=NNC(=O)c1ccc(C(=O)N(N)Cc2ccncc2)s1)c1csc(-c2ccc(Cl)c(Cl)c2)c1O. The lowest BCUT2D eigenvalue weighted by Crippen LogP contribution is -2.36. The molecule has 4 aromatic rings. The molecule has 0 aliphatic rings. The Bertz CT molecular complexity index is 1450. The van der Waals surface area contributed by atoms with Crippen LogP contribution < -0.4 is 11.3 Å². The zero-order valence-corrected chi connectivity index (χ0v) is 21.9. The van der Waals surface area contributed by atoms with Crippen LogP contribution in [0.2, 0.25) is 10.0 Å². The highest BCUT2D eigenvalue weighted by Gasteiger charge is 2.19. The van der Waals surface area contributed by atoms with Gasteiger partial charge < -0.3 is 5.11 Å². The lowest BCUT2D eigenvalue weighted by atomic mass is 10.1. The smallest absolute Gasteiger partial charge is 0.281 e. The number of hydrazone groups is 1. The van der Waals surface area contributed by atoms with Gasteiger partial charge in [-0.2, -0.15) is 5.10 Å². The first-order chi connectivity index (χ1) is 17.2. The number of nitrogens with zero attached hydrogens (tertiary/aromatic N) is 3. The van der Waals surface area contributed by atoms with Crippen molar-refractivity contribution in [3.8, 4) is 16.2 Å². The van der Waals surface area contributed by atoms with E-state index in [4.69, 9.17) is 29.0 Å². The number of aromatic nitrogens is 1. The van der Waals surface area contributed by atoms with Gasteiger partial charge in [-0.25, -0.2) is 11.3 Å². The highest BCUT2D eigenvalue weighted by atomic mass is 35.5. The molecule has 0 radical (unpaired) electrons. The van der Waals surface area contributed by atoms with Gasteiger partial charge in [-0.05, 0) is 54.4 Å². The van der Waals surface area contributed by atoms with E-state index in [0.29, 0.717) is 41.5 Å². The van der Waals surface area contributed by atoms with E-state index in [-0.39, 0.29) is 12.3 Å². The summed E-state index contributed by atoms with van der Waals surface area (Å²) in [5.74, 6) is 5.04. The summed E-state index contributed by atoms with van der Waals surface area (Å²) in [5, 5.41) is 18.4. The van der Waals surface area contributed by atoms with Crippen molar-refractivity contribution < 1.29 is 14.7 Å². The number of thiophene rings is 2. The predicted octanol–water partition coefficient (Wildman–Crippen LogP) is 5.55. The molecule has 12 heteroatoms. The van der Waals surface area contributed by atoms with Gasteiger partial charge in [0.1, 0.15) is 5.75 Å². The standard InChI is InChI=1S/C24H19Cl2N5O3S2/c1-13(16-12-35-22(21(16)32)15-2-3-17(25)18(26)10-15)29-30-23(33)19-4-5-20(36-19)24(34)31(27)11-14-6-8-28-9-7-14/h2-10,12,32H,11,27H2,1H3,(H,30,33). The quantitative estimate of drug-likeness (QED) is 0.118. The Balaban J connectivity index is 1.42. The lowest BCUT2D eigenvalue weighted by Gasteiger charge is -2.15. The molecular formula is C24H19Cl2N5O3S2.